The van der Waals surface area contributed by atoms with Gasteiger partial charge in [-0.05, 0) is 70.0 Å². The molecule has 54 heavy (non-hydrogen) atoms. The zero-order valence-corrected chi connectivity index (χ0v) is 30.6. The number of hydrogen-bond acceptors (Lipinski definition) is 5. The number of aliphatic imine (C=N–C) groups is 1. The Morgan fingerprint density at radius 2 is 1.65 bits per heavy atom. The summed E-state index contributed by atoms with van der Waals surface area (Å²) in [5, 5.41) is 7.87. The second-order valence-corrected chi connectivity index (χ2v) is 14.1. The van der Waals surface area contributed by atoms with Gasteiger partial charge in [0, 0.05) is 77.0 Å². The van der Waals surface area contributed by atoms with Crippen molar-refractivity contribution in [1.82, 2.24) is 9.97 Å². The predicted octanol–water partition coefficient (Wildman–Crippen LogP) is 12.0. The zero-order valence-electron chi connectivity index (χ0n) is 30.6. The molecule has 0 saturated heterocycles. The third kappa shape index (κ3) is 5.98. The number of pyridine rings is 2. The Bertz CT molecular complexity index is 2840. The summed E-state index contributed by atoms with van der Waals surface area (Å²) in [7, 11) is 3.82. The van der Waals surface area contributed by atoms with Gasteiger partial charge in [-0.2, -0.15) is 0 Å². The molecule has 262 valence electrons. The number of allylic oxidation sites excluding steroid dienone is 6. The molecule has 1 N–H and O–H groups in total. The number of anilines is 1. The van der Waals surface area contributed by atoms with Crippen molar-refractivity contribution >= 4 is 66.8 Å². The maximum Gasteiger partial charge on any atom is 0.143 e. The molecular weight excluding hydrogens is 661 g/mol. The summed E-state index contributed by atoms with van der Waals surface area (Å²) in [6.45, 7) is 2.28. The van der Waals surface area contributed by atoms with E-state index in [1.807, 2.05) is 44.8 Å². The summed E-state index contributed by atoms with van der Waals surface area (Å²) in [6.07, 6.45) is 15.8. The molecule has 0 bridgehead atoms. The highest BCUT2D eigenvalue weighted by Gasteiger charge is 2.21. The van der Waals surface area contributed by atoms with E-state index in [9.17, 15) is 0 Å². The molecule has 0 fully saturated rings. The minimum Gasteiger partial charge on any atom is -0.455 e. The van der Waals surface area contributed by atoms with Crippen LogP contribution in [0.25, 0.3) is 66.0 Å². The number of rotatable bonds is 8. The quantitative estimate of drug-likeness (QED) is 0.127. The summed E-state index contributed by atoms with van der Waals surface area (Å²) in [6, 6.07) is 40.6. The first-order valence-electron chi connectivity index (χ1n) is 18.6. The van der Waals surface area contributed by atoms with Gasteiger partial charge >= 0.3 is 0 Å². The van der Waals surface area contributed by atoms with Crippen LogP contribution in [0.5, 0.6) is 0 Å². The van der Waals surface area contributed by atoms with E-state index >= 15 is 0 Å². The lowest BCUT2D eigenvalue weighted by Gasteiger charge is -2.22. The lowest BCUT2D eigenvalue weighted by molar-refractivity contribution is 0.609. The third-order valence-electron chi connectivity index (χ3n) is 10.7. The summed E-state index contributed by atoms with van der Waals surface area (Å²) in [4.78, 5) is 13.9. The summed E-state index contributed by atoms with van der Waals surface area (Å²) >= 11 is 0. The van der Waals surface area contributed by atoms with Crippen molar-refractivity contribution in [3.05, 3.63) is 174 Å². The maximum absolute atomic E-state index is 6.62. The fourth-order valence-electron chi connectivity index (χ4n) is 8.02. The van der Waals surface area contributed by atoms with Crippen molar-refractivity contribution in [2.75, 3.05) is 19.4 Å². The molecule has 0 aliphatic heterocycles. The van der Waals surface area contributed by atoms with Crippen LogP contribution in [0.15, 0.2) is 161 Å². The van der Waals surface area contributed by atoms with E-state index in [4.69, 9.17) is 9.40 Å². The maximum atomic E-state index is 6.62. The van der Waals surface area contributed by atoms with Crippen molar-refractivity contribution in [2.45, 2.75) is 13.3 Å². The van der Waals surface area contributed by atoms with Gasteiger partial charge in [0.15, 0.2) is 0 Å². The summed E-state index contributed by atoms with van der Waals surface area (Å²) in [5.74, 6) is 0.488. The first kappa shape index (κ1) is 33.3. The largest absolute Gasteiger partial charge is 0.455 e. The molecule has 3 aromatic heterocycles. The van der Waals surface area contributed by atoms with E-state index < -0.39 is 0 Å². The SMILES string of the molecule is C/N=C\C(=C/C1C=C(c2ccnc3c2ccc2cccnc23)C=CC1C)c1cccc(Cc2ccc3c(oc4ccccc43)c2-c2ccccc2NC)c1. The molecule has 1 aliphatic rings. The highest BCUT2D eigenvalue weighted by Crippen LogP contribution is 2.42. The molecule has 2 atom stereocenters. The van der Waals surface area contributed by atoms with Gasteiger partial charge in [-0.3, -0.25) is 15.0 Å². The summed E-state index contributed by atoms with van der Waals surface area (Å²) in [5.41, 5.74) is 14.0. The molecule has 5 nitrogen and oxygen atoms in total. The predicted molar refractivity (Wildman–Crippen MR) is 227 cm³/mol. The Morgan fingerprint density at radius 3 is 2.56 bits per heavy atom. The monoisotopic (exact) mass is 700 g/mol. The molecule has 8 aromatic rings. The number of nitrogens with one attached hydrogen (secondary N) is 1. The van der Waals surface area contributed by atoms with Gasteiger partial charge in [0.2, 0.25) is 0 Å². The van der Waals surface area contributed by atoms with Crippen LogP contribution in [0.4, 0.5) is 5.69 Å². The van der Waals surface area contributed by atoms with E-state index in [1.165, 1.54) is 22.3 Å². The van der Waals surface area contributed by atoms with Gasteiger partial charge in [-0.1, -0.05) is 122 Å². The van der Waals surface area contributed by atoms with Crippen molar-refractivity contribution in [1.29, 1.82) is 0 Å². The highest BCUT2D eigenvalue weighted by molar-refractivity contribution is 6.12. The van der Waals surface area contributed by atoms with E-state index in [0.717, 1.165) is 78.1 Å². The van der Waals surface area contributed by atoms with Crippen LogP contribution in [-0.2, 0) is 6.42 Å². The van der Waals surface area contributed by atoms with Crippen LogP contribution < -0.4 is 5.32 Å². The number of aromatic nitrogens is 2. The average Bonchev–Trinajstić information content (AvgIpc) is 3.60. The van der Waals surface area contributed by atoms with Crippen LogP contribution in [0.1, 0.15) is 29.2 Å². The van der Waals surface area contributed by atoms with Crippen LogP contribution >= 0.6 is 0 Å². The second-order valence-electron chi connectivity index (χ2n) is 14.1. The molecule has 0 radical (unpaired) electrons. The zero-order chi connectivity index (χ0) is 36.6. The van der Waals surface area contributed by atoms with Crippen molar-refractivity contribution in [3.8, 4) is 11.1 Å². The molecule has 1 aliphatic carbocycles. The molecular formula is C49H40N4O. The molecule has 0 saturated carbocycles. The Morgan fingerprint density at radius 1 is 0.796 bits per heavy atom. The number of benzene rings is 5. The van der Waals surface area contributed by atoms with Crippen molar-refractivity contribution < 1.29 is 4.42 Å². The van der Waals surface area contributed by atoms with Gasteiger partial charge < -0.3 is 9.73 Å². The Kier molecular flexibility index (Phi) is 8.68. The van der Waals surface area contributed by atoms with E-state index in [1.54, 1.807) is 0 Å². The number of nitrogens with zero attached hydrogens (tertiary/aromatic N) is 3. The molecule has 2 unspecified atom stereocenters. The van der Waals surface area contributed by atoms with Gasteiger partial charge in [-0.15, -0.1) is 0 Å². The van der Waals surface area contributed by atoms with E-state index in [-0.39, 0.29) is 5.92 Å². The minimum absolute atomic E-state index is 0.170. The molecule has 5 heteroatoms. The normalized spacial score (nSPS) is 16.2. The Labute approximate surface area is 315 Å². The highest BCUT2D eigenvalue weighted by atomic mass is 16.3. The molecule has 0 amide bonds. The number of para-hydroxylation sites is 2. The number of fused-ring (bicyclic) bond motifs is 6. The smallest absolute Gasteiger partial charge is 0.143 e. The second kappa shape index (κ2) is 14.1. The fourth-order valence-corrected chi connectivity index (χ4v) is 8.02. The van der Waals surface area contributed by atoms with Crippen LogP contribution in [-0.4, -0.2) is 30.3 Å². The van der Waals surface area contributed by atoms with Crippen LogP contribution in [0.2, 0.25) is 0 Å². The topological polar surface area (TPSA) is 63.3 Å². The average molecular weight is 701 g/mol. The molecule has 3 heterocycles. The van der Waals surface area contributed by atoms with Gasteiger partial charge in [0.1, 0.15) is 11.2 Å². The standard InChI is InChI=1S/C49H40N4O/c1-31-17-18-35(39-23-25-53-48-41(39)21-19-33-12-9-24-52-47(33)48)28-37(31)29-38(30-50-2)34-11-8-10-32(26-34)27-36-20-22-42-40-13-5-7-16-45(40)54-49(42)46(36)43-14-4-6-15-44(43)51-3/h4-26,28-31,37,51H,27H2,1-3H3/b38-29+,50-30-. The third-order valence-corrected chi connectivity index (χ3v) is 10.7. The molecule has 9 rings (SSSR count). The van der Waals surface area contributed by atoms with Crippen LogP contribution in [0, 0.1) is 11.8 Å². The lowest BCUT2D eigenvalue weighted by atomic mass is 9.82. The Balaban J connectivity index is 1.10. The minimum atomic E-state index is 0.170. The number of hydrogen-bond donors (Lipinski definition) is 1. The van der Waals surface area contributed by atoms with E-state index in [0.29, 0.717) is 5.92 Å². The summed E-state index contributed by atoms with van der Waals surface area (Å²) < 4.78 is 6.62. The fraction of sp³-hybridized carbons (Fsp3) is 0.122. The first-order valence-corrected chi connectivity index (χ1v) is 18.6. The van der Waals surface area contributed by atoms with Gasteiger partial charge in [-0.25, -0.2) is 0 Å². The first-order chi connectivity index (χ1) is 26.6. The molecule has 0 spiro atoms. The number of furan rings is 1. The molecule has 5 aromatic carbocycles. The van der Waals surface area contributed by atoms with Crippen LogP contribution in [0.3, 0.4) is 0 Å². The van der Waals surface area contributed by atoms with Gasteiger partial charge in [0.25, 0.3) is 0 Å². The van der Waals surface area contributed by atoms with Crippen molar-refractivity contribution in [3.63, 3.8) is 0 Å². The Hall–Kier alpha value is -6.59. The lowest BCUT2D eigenvalue weighted by Crippen LogP contribution is -2.10. The van der Waals surface area contributed by atoms with E-state index in [2.05, 4.69) is 150 Å². The van der Waals surface area contributed by atoms with Crippen molar-refractivity contribution in [2.24, 2.45) is 16.8 Å². The van der Waals surface area contributed by atoms with Gasteiger partial charge in [0.05, 0.1) is 11.0 Å².